The van der Waals surface area contributed by atoms with Gasteiger partial charge in [0.05, 0.1) is 29.1 Å². The van der Waals surface area contributed by atoms with Crippen molar-refractivity contribution < 1.29 is 32.2 Å². The molecule has 1 N–H and O–H groups in total. The van der Waals surface area contributed by atoms with Gasteiger partial charge in [-0.3, -0.25) is 9.59 Å². The van der Waals surface area contributed by atoms with Gasteiger partial charge in [0.1, 0.15) is 17.4 Å². The van der Waals surface area contributed by atoms with E-state index in [0.29, 0.717) is 12.4 Å². The molecule has 0 aliphatic carbocycles. The average Bonchev–Trinajstić information content (AvgIpc) is 2.79. The molecule has 11 heteroatoms. The monoisotopic (exact) mass is 475 g/mol. The van der Waals surface area contributed by atoms with Gasteiger partial charge in [0.25, 0.3) is 5.56 Å². The highest BCUT2D eigenvalue weighted by Crippen LogP contribution is 2.31. The topological polar surface area (TPSA) is 114 Å². The number of nitriles is 1. The number of Topliss-reactive ketones (excluding diaryl/α,β-unsaturated/α-hetero) is 1. The van der Waals surface area contributed by atoms with E-state index >= 15 is 0 Å². The summed E-state index contributed by atoms with van der Waals surface area (Å²) in [5.41, 5.74) is -1.74. The number of carbonyl (C=O) groups excluding carboxylic acids is 1. The molecule has 1 heterocycles. The van der Waals surface area contributed by atoms with Crippen molar-refractivity contribution in [2.45, 2.75) is 26.1 Å². The number of alkyl halides is 3. The minimum absolute atomic E-state index is 0.0113. The Balaban J connectivity index is 1.72. The summed E-state index contributed by atoms with van der Waals surface area (Å²) < 4.78 is 55.1. The Morgan fingerprint density at radius 3 is 2.47 bits per heavy atom. The highest BCUT2D eigenvalue weighted by Gasteiger charge is 2.31. The fraction of sp³-hybridized carbons (Fsp3) is 0.304. The molecule has 0 bridgehead atoms. The molecule has 0 aliphatic rings. The first-order valence-corrected chi connectivity index (χ1v) is 10.2. The lowest BCUT2D eigenvalue weighted by molar-refractivity contribution is -0.137. The summed E-state index contributed by atoms with van der Waals surface area (Å²) in [6, 6.07) is 10.2. The molecule has 3 rings (SSSR count). The Bertz CT molecular complexity index is 1270. The summed E-state index contributed by atoms with van der Waals surface area (Å²) in [7, 11) is 0. The largest absolute Gasteiger partial charge is 0.483 e. The molecule has 2 unspecified atom stereocenters. The van der Waals surface area contributed by atoms with Crippen LogP contribution in [0.25, 0.3) is 10.9 Å². The molecule has 0 aliphatic heterocycles. The molecule has 0 fully saturated rings. The van der Waals surface area contributed by atoms with E-state index in [1.807, 2.05) is 6.07 Å². The molecule has 0 saturated heterocycles. The van der Waals surface area contributed by atoms with Crippen LogP contribution in [0.3, 0.4) is 0 Å². The van der Waals surface area contributed by atoms with Crippen molar-refractivity contribution in [3.63, 3.8) is 0 Å². The number of H-pyrrole nitrogens is 1. The van der Waals surface area contributed by atoms with Crippen molar-refractivity contribution in [1.29, 1.82) is 5.26 Å². The Morgan fingerprint density at radius 2 is 1.85 bits per heavy atom. The molecule has 2 aromatic carbocycles. The van der Waals surface area contributed by atoms with E-state index in [1.165, 1.54) is 31.2 Å². The second kappa shape index (κ2) is 10.4. The predicted octanol–water partition coefficient (Wildman–Crippen LogP) is 4.25. The summed E-state index contributed by atoms with van der Waals surface area (Å²) >= 11 is 0. The maximum atomic E-state index is 13.0. The van der Waals surface area contributed by atoms with Gasteiger partial charge in [-0.2, -0.15) is 23.4 Å². The van der Waals surface area contributed by atoms with E-state index in [1.54, 1.807) is 6.92 Å². The lowest BCUT2D eigenvalue weighted by Gasteiger charge is -2.16. The van der Waals surface area contributed by atoms with Crippen molar-refractivity contribution in [2.24, 2.45) is 5.92 Å². The van der Waals surface area contributed by atoms with Crippen LogP contribution in [0.2, 0.25) is 0 Å². The molecule has 0 amide bonds. The van der Waals surface area contributed by atoms with Crippen LogP contribution < -0.4 is 15.0 Å². The number of hydrogen-bond acceptors (Lipinski definition) is 7. The summed E-state index contributed by atoms with van der Waals surface area (Å²) in [5, 5.41) is 9.13. The molecule has 0 radical (unpaired) electrons. The van der Waals surface area contributed by atoms with E-state index in [9.17, 15) is 22.8 Å². The minimum atomic E-state index is -4.57. The number of carbonyl (C=O) groups is 1. The number of ether oxygens (including phenoxy) is 3. The van der Waals surface area contributed by atoms with Crippen molar-refractivity contribution >= 4 is 16.7 Å². The summed E-state index contributed by atoms with van der Waals surface area (Å²) in [5.74, 6) is -0.846. The molecule has 0 saturated carbocycles. The van der Waals surface area contributed by atoms with Crippen LogP contribution in [0.4, 0.5) is 13.2 Å². The molecule has 1 aromatic heterocycles. The van der Waals surface area contributed by atoms with Crippen LogP contribution in [0.5, 0.6) is 17.5 Å². The van der Waals surface area contributed by atoms with E-state index in [0.717, 1.165) is 18.2 Å². The average molecular weight is 475 g/mol. The standard InChI is InChI=1S/C23H20F3N3O5/c1-3-32-12-14(11-27)20(30)13(2)33-16-5-7-17(8-6-16)34-22-28-19-10-15(23(24,25)26)4-9-18(19)21(31)29-22/h4-10,13-14H,3,12H2,1-2H3,(H,28,29,31). The van der Waals surface area contributed by atoms with Gasteiger partial charge in [0.15, 0.2) is 11.9 Å². The summed E-state index contributed by atoms with van der Waals surface area (Å²) in [4.78, 5) is 30.8. The molecule has 3 aromatic rings. The van der Waals surface area contributed by atoms with Gasteiger partial charge in [-0.1, -0.05) is 0 Å². The smallest absolute Gasteiger partial charge is 0.416 e. The number of nitrogens with zero attached hydrogens (tertiary/aromatic N) is 2. The lowest BCUT2D eigenvalue weighted by atomic mass is 10.0. The third-order valence-electron chi connectivity index (χ3n) is 4.76. The third kappa shape index (κ3) is 5.90. The minimum Gasteiger partial charge on any atom is -0.483 e. The van der Waals surface area contributed by atoms with Crippen LogP contribution >= 0.6 is 0 Å². The van der Waals surface area contributed by atoms with E-state index in [-0.39, 0.29) is 29.3 Å². The highest BCUT2D eigenvalue weighted by molar-refractivity contribution is 5.87. The number of halogens is 3. The van der Waals surface area contributed by atoms with Crippen molar-refractivity contribution in [1.82, 2.24) is 9.97 Å². The molecule has 0 spiro atoms. The van der Waals surface area contributed by atoms with Gasteiger partial charge < -0.3 is 19.2 Å². The number of ketones is 1. The third-order valence-corrected chi connectivity index (χ3v) is 4.76. The zero-order chi connectivity index (χ0) is 24.9. The zero-order valence-corrected chi connectivity index (χ0v) is 18.2. The summed E-state index contributed by atoms with van der Waals surface area (Å²) in [6.45, 7) is 3.63. The molecular weight excluding hydrogens is 455 g/mol. The van der Waals surface area contributed by atoms with Crippen LogP contribution in [-0.2, 0) is 15.7 Å². The maximum Gasteiger partial charge on any atom is 0.416 e. The number of hydrogen-bond donors (Lipinski definition) is 1. The second-order valence-electron chi connectivity index (χ2n) is 7.18. The normalized spacial score (nSPS) is 13.2. The van der Waals surface area contributed by atoms with Crippen LogP contribution in [-0.4, -0.2) is 35.1 Å². The highest BCUT2D eigenvalue weighted by atomic mass is 19.4. The van der Waals surface area contributed by atoms with Crippen molar-refractivity contribution in [3.8, 4) is 23.6 Å². The maximum absolute atomic E-state index is 13.0. The van der Waals surface area contributed by atoms with E-state index < -0.39 is 35.1 Å². The Hall–Kier alpha value is -3.91. The molecule has 178 valence electrons. The number of aromatic nitrogens is 2. The molecular formula is C23H20F3N3O5. The second-order valence-corrected chi connectivity index (χ2v) is 7.18. The Labute approximate surface area is 191 Å². The predicted molar refractivity (Wildman–Crippen MR) is 115 cm³/mol. The number of benzene rings is 2. The number of rotatable bonds is 9. The number of aromatic amines is 1. The van der Waals surface area contributed by atoms with Gasteiger partial charge in [-0.05, 0) is 56.3 Å². The van der Waals surface area contributed by atoms with Gasteiger partial charge >= 0.3 is 12.2 Å². The first-order valence-electron chi connectivity index (χ1n) is 10.2. The van der Waals surface area contributed by atoms with Gasteiger partial charge in [0.2, 0.25) is 0 Å². The molecule has 34 heavy (non-hydrogen) atoms. The van der Waals surface area contributed by atoms with Gasteiger partial charge in [0, 0.05) is 6.61 Å². The van der Waals surface area contributed by atoms with Crippen LogP contribution in [0.15, 0.2) is 47.3 Å². The SMILES string of the molecule is CCOCC(C#N)C(=O)C(C)Oc1ccc(Oc2nc(=O)c3ccc(C(F)(F)F)cc3[nH]2)cc1. The fourth-order valence-corrected chi connectivity index (χ4v) is 3.02. The molecule has 2 atom stereocenters. The van der Waals surface area contributed by atoms with Crippen LogP contribution in [0.1, 0.15) is 19.4 Å². The Kier molecular flexibility index (Phi) is 7.53. The van der Waals surface area contributed by atoms with Crippen molar-refractivity contribution in [2.75, 3.05) is 13.2 Å². The number of nitrogens with one attached hydrogen (secondary N) is 1. The van der Waals surface area contributed by atoms with Crippen LogP contribution in [0, 0.1) is 17.2 Å². The lowest BCUT2D eigenvalue weighted by Crippen LogP contribution is -2.32. The fourth-order valence-electron chi connectivity index (χ4n) is 3.02. The van der Waals surface area contributed by atoms with Crippen molar-refractivity contribution in [3.05, 3.63) is 58.4 Å². The Morgan fingerprint density at radius 1 is 1.18 bits per heavy atom. The summed E-state index contributed by atoms with van der Waals surface area (Å²) in [6.07, 6.45) is -5.47. The quantitative estimate of drug-likeness (QED) is 0.492. The van der Waals surface area contributed by atoms with E-state index in [2.05, 4.69) is 9.97 Å². The van der Waals surface area contributed by atoms with E-state index in [4.69, 9.17) is 19.5 Å². The first-order chi connectivity index (χ1) is 16.1. The first kappa shape index (κ1) is 24.7. The zero-order valence-electron chi connectivity index (χ0n) is 18.2. The van der Waals surface area contributed by atoms with Gasteiger partial charge in [-0.25, -0.2) is 0 Å². The van der Waals surface area contributed by atoms with Gasteiger partial charge in [-0.15, -0.1) is 0 Å². The number of fused-ring (bicyclic) bond motifs is 1. The molecule has 8 nitrogen and oxygen atoms in total.